The highest BCUT2D eigenvalue weighted by molar-refractivity contribution is 6.11. The van der Waals surface area contributed by atoms with E-state index in [-0.39, 0.29) is 11.3 Å². The predicted molar refractivity (Wildman–Crippen MR) is 125 cm³/mol. The summed E-state index contributed by atoms with van der Waals surface area (Å²) in [5.74, 6) is 0.132. The van der Waals surface area contributed by atoms with Crippen molar-refractivity contribution in [3.05, 3.63) is 108 Å². The molecule has 0 fully saturated rings. The van der Waals surface area contributed by atoms with Crippen LogP contribution in [0.5, 0.6) is 11.5 Å². The second kappa shape index (κ2) is 9.50. The number of carbonyl (C=O) groups is 1. The minimum Gasteiger partial charge on any atom is -0.508 e. The third kappa shape index (κ3) is 4.77. The molecule has 1 amide bonds. The molecule has 0 aromatic heterocycles. The summed E-state index contributed by atoms with van der Waals surface area (Å²) in [6.07, 6.45) is 1.55. The van der Waals surface area contributed by atoms with Crippen molar-refractivity contribution in [1.82, 2.24) is 0 Å². The molecule has 0 saturated heterocycles. The van der Waals surface area contributed by atoms with Crippen LogP contribution in [0, 0.1) is 11.3 Å². The number of anilines is 1. The van der Waals surface area contributed by atoms with Crippen LogP contribution in [0.15, 0.2) is 96.6 Å². The second-order valence-electron chi connectivity index (χ2n) is 7.14. The highest BCUT2D eigenvalue weighted by Gasteiger charge is 2.14. The van der Waals surface area contributed by atoms with E-state index in [0.717, 1.165) is 16.3 Å². The maximum absolute atomic E-state index is 12.8. The number of hydrogen-bond acceptors (Lipinski definition) is 4. The van der Waals surface area contributed by atoms with Crippen LogP contribution < -0.4 is 10.1 Å². The first-order valence-electron chi connectivity index (χ1n) is 10.0. The van der Waals surface area contributed by atoms with Crippen LogP contribution in [0.3, 0.4) is 0 Å². The molecule has 156 valence electrons. The van der Waals surface area contributed by atoms with Gasteiger partial charge in [-0.25, -0.2) is 0 Å². The van der Waals surface area contributed by atoms with Gasteiger partial charge >= 0.3 is 0 Å². The number of nitrogens with one attached hydrogen (secondary N) is 1. The van der Waals surface area contributed by atoms with Crippen LogP contribution in [0.2, 0.25) is 0 Å². The van der Waals surface area contributed by atoms with Crippen molar-refractivity contribution in [2.75, 3.05) is 5.32 Å². The van der Waals surface area contributed by atoms with Crippen molar-refractivity contribution >= 4 is 28.4 Å². The van der Waals surface area contributed by atoms with Crippen molar-refractivity contribution in [1.29, 1.82) is 5.26 Å². The van der Waals surface area contributed by atoms with Gasteiger partial charge in [0.15, 0.2) is 0 Å². The number of carbonyl (C=O) groups excluding carboxylic acids is 1. The van der Waals surface area contributed by atoms with E-state index in [2.05, 4.69) is 5.32 Å². The molecule has 0 aliphatic rings. The Kier molecular flexibility index (Phi) is 6.15. The minimum atomic E-state index is -0.542. The fourth-order valence-corrected chi connectivity index (χ4v) is 3.32. The van der Waals surface area contributed by atoms with E-state index >= 15 is 0 Å². The lowest BCUT2D eigenvalue weighted by Gasteiger charge is -2.13. The third-order valence-electron chi connectivity index (χ3n) is 4.95. The summed E-state index contributed by atoms with van der Waals surface area (Å²) < 4.78 is 6.07. The van der Waals surface area contributed by atoms with Gasteiger partial charge in [-0.3, -0.25) is 4.79 Å². The number of nitriles is 1. The average Bonchev–Trinajstić information content (AvgIpc) is 2.83. The largest absolute Gasteiger partial charge is 0.508 e. The number of amides is 1. The summed E-state index contributed by atoms with van der Waals surface area (Å²) in [6, 6.07) is 29.4. The Bertz CT molecular complexity index is 1320. The Morgan fingerprint density at radius 1 is 0.938 bits per heavy atom. The number of aromatic hydroxyl groups is 1. The van der Waals surface area contributed by atoms with Crippen LogP contribution >= 0.6 is 0 Å². The van der Waals surface area contributed by atoms with Crippen molar-refractivity contribution in [3.8, 4) is 17.6 Å². The molecule has 0 bridgehead atoms. The maximum atomic E-state index is 12.8. The molecule has 4 aromatic carbocycles. The zero-order valence-corrected chi connectivity index (χ0v) is 17.2. The average molecular weight is 420 g/mol. The summed E-state index contributed by atoms with van der Waals surface area (Å²) in [5.41, 5.74) is 2.10. The van der Waals surface area contributed by atoms with Crippen molar-refractivity contribution in [2.24, 2.45) is 0 Å². The molecule has 32 heavy (non-hydrogen) atoms. The highest BCUT2D eigenvalue weighted by Crippen LogP contribution is 2.31. The molecule has 0 atom stereocenters. The lowest BCUT2D eigenvalue weighted by atomic mass is 10.0. The number of fused-ring (bicyclic) bond motifs is 1. The van der Waals surface area contributed by atoms with Crippen LogP contribution in [0.4, 0.5) is 5.69 Å². The first-order chi connectivity index (χ1) is 15.6. The van der Waals surface area contributed by atoms with E-state index < -0.39 is 5.91 Å². The number of ether oxygens (including phenoxy) is 1. The van der Waals surface area contributed by atoms with E-state index in [1.54, 1.807) is 18.2 Å². The Hall–Kier alpha value is -4.56. The third-order valence-corrected chi connectivity index (χ3v) is 4.95. The van der Waals surface area contributed by atoms with E-state index in [9.17, 15) is 15.2 Å². The highest BCUT2D eigenvalue weighted by atomic mass is 16.5. The summed E-state index contributed by atoms with van der Waals surface area (Å²) >= 11 is 0. The molecule has 2 N–H and O–H groups in total. The fourth-order valence-electron chi connectivity index (χ4n) is 3.32. The van der Waals surface area contributed by atoms with Crippen LogP contribution in [0.1, 0.15) is 11.1 Å². The van der Waals surface area contributed by atoms with E-state index in [0.29, 0.717) is 23.6 Å². The molecule has 0 radical (unpaired) electrons. The quantitative estimate of drug-likeness (QED) is 0.239. The number of benzene rings is 4. The van der Waals surface area contributed by atoms with Crippen LogP contribution in [-0.4, -0.2) is 11.0 Å². The molecule has 0 saturated carbocycles. The zero-order chi connectivity index (χ0) is 22.3. The van der Waals surface area contributed by atoms with Crippen LogP contribution in [-0.2, 0) is 11.4 Å². The Morgan fingerprint density at radius 2 is 1.66 bits per heavy atom. The summed E-state index contributed by atoms with van der Waals surface area (Å²) in [6.45, 7) is 0.363. The van der Waals surface area contributed by atoms with Gasteiger partial charge in [0.25, 0.3) is 5.91 Å². The van der Waals surface area contributed by atoms with Gasteiger partial charge in [0, 0.05) is 11.3 Å². The van der Waals surface area contributed by atoms with Crippen LogP contribution in [0.25, 0.3) is 16.8 Å². The summed E-state index contributed by atoms with van der Waals surface area (Å²) in [5, 5.41) is 23.6. The number of hydrogen-bond donors (Lipinski definition) is 2. The fraction of sp³-hybridized carbons (Fsp3) is 0.0370. The van der Waals surface area contributed by atoms with Gasteiger partial charge < -0.3 is 15.2 Å². The molecule has 0 heterocycles. The maximum Gasteiger partial charge on any atom is 0.266 e. The summed E-state index contributed by atoms with van der Waals surface area (Å²) in [7, 11) is 0. The van der Waals surface area contributed by atoms with Gasteiger partial charge in [-0.2, -0.15) is 5.26 Å². The first-order valence-corrected chi connectivity index (χ1v) is 10.0. The lowest BCUT2D eigenvalue weighted by Crippen LogP contribution is -2.13. The first kappa shape index (κ1) is 20.7. The van der Waals surface area contributed by atoms with Gasteiger partial charge in [0.05, 0.1) is 0 Å². The Labute approximate surface area is 185 Å². The molecule has 0 aliphatic carbocycles. The summed E-state index contributed by atoms with van der Waals surface area (Å²) in [4.78, 5) is 12.8. The number of phenolic OH excluding ortho intramolecular Hbond substituents is 1. The van der Waals surface area contributed by atoms with Gasteiger partial charge in [0.1, 0.15) is 29.7 Å². The number of rotatable bonds is 6. The van der Waals surface area contributed by atoms with Crippen molar-refractivity contribution in [3.63, 3.8) is 0 Å². The van der Waals surface area contributed by atoms with Gasteiger partial charge in [-0.05, 0) is 52.7 Å². The lowest BCUT2D eigenvalue weighted by molar-refractivity contribution is -0.112. The monoisotopic (exact) mass is 420 g/mol. The zero-order valence-electron chi connectivity index (χ0n) is 17.2. The molecular weight excluding hydrogens is 400 g/mol. The van der Waals surface area contributed by atoms with E-state index in [1.165, 1.54) is 12.1 Å². The molecule has 0 aliphatic heterocycles. The van der Waals surface area contributed by atoms with Gasteiger partial charge in [-0.1, -0.05) is 60.7 Å². The van der Waals surface area contributed by atoms with E-state index in [4.69, 9.17) is 4.74 Å². The smallest absolute Gasteiger partial charge is 0.266 e. The second-order valence-corrected chi connectivity index (χ2v) is 7.14. The topological polar surface area (TPSA) is 82.3 Å². The molecule has 4 aromatic rings. The molecule has 5 heteroatoms. The Balaban J connectivity index is 1.69. The van der Waals surface area contributed by atoms with E-state index in [1.807, 2.05) is 72.8 Å². The predicted octanol–water partition coefficient (Wildman–Crippen LogP) is 5.67. The SMILES string of the molecule is N#C/C(=C\c1c(OCc2ccccc2)ccc2ccccc12)C(=O)Nc1ccc(O)cc1. The minimum absolute atomic E-state index is 0.0565. The van der Waals surface area contributed by atoms with Crippen molar-refractivity contribution in [2.45, 2.75) is 6.61 Å². The molecule has 0 spiro atoms. The van der Waals surface area contributed by atoms with Crippen molar-refractivity contribution < 1.29 is 14.6 Å². The normalized spacial score (nSPS) is 11.0. The molecule has 5 nitrogen and oxygen atoms in total. The number of phenols is 1. The standard InChI is InChI=1S/C27H20N2O3/c28-17-21(27(31)29-22-11-13-23(30)14-12-22)16-25-24-9-5-4-8-20(24)10-15-26(25)32-18-19-6-2-1-3-7-19/h1-16,30H,18H2,(H,29,31)/b21-16+. The molecule has 4 rings (SSSR count). The number of nitrogens with zero attached hydrogens (tertiary/aromatic N) is 1. The Morgan fingerprint density at radius 3 is 2.41 bits per heavy atom. The molecular formula is C27H20N2O3. The van der Waals surface area contributed by atoms with Gasteiger partial charge in [0.2, 0.25) is 0 Å². The van der Waals surface area contributed by atoms with Gasteiger partial charge in [-0.15, -0.1) is 0 Å². The molecule has 0 unspecified atom stereocenters.